The molecule has 0 radical (unpaired) electrons. The molecule has 0 fully saturated rings. The van der Waals surface area contributed by atoms with Crippen molar-refractivity contribution in [3.05, 3.63) is 23.8 Å². The standard InChI is InChI=1S/C33H57NO6/c1-5-7-9-11-13-19-32(35)39-23-17-15-21-37-30-25-29(28-34(3)4)26-31(27-30)38-22-16-18-24-40-33(36)20-14-12-10-8-6-2/h25-27H,5-24,28H2,1-4H3. The minimum atomic E-state index is -0.0911. The van der Waals surface area contributed by atoms with Crippen molar-refractivity contribution in [1.82, 2.24) is 4.90 Å². The van der Waals surface area contributed by atoms with E-state index in [1.165, 1.54) is 38.5 Å². The third kappa shape index (κ3) is 20.6. The van der Waals surface area contributed by atoms with E-state index in [9.17, 15) is 9.59 Å². The van der Waals surface area contributed by atoms with E-state index in [0.29, 0.717) is 39.3 Å². The molecule has 0 aromatic heterocycles. The fourth-order valence-corrected chi connectivity index (χ4v) is 4.30. The minimum absolute atomic E-state index is 0.0911. The zero-order valence-corrected chi connectivity index (χ0v) is 26.0. The van der Waals surface area contributed by atoms with Gasteiger partial charge in [-0.3, -0.25) is 9.59 Å². The van der Waals surface area contributed by atoms with Crippen LogP contribution in [-0.4, -0.2) is 57.4 Å². The Hall–Kier alpha value is -2.28. The first kappa shape index (κ1) is 35.7. The van der Waals surface area contributed by atoms with Crippen molar-refractivity contribution < 1.29 is 28.5 Å². The molecule has 0 spiro atoms. The maximum Gasteiger partial charge on any atom is 0.305 e. The second-order valence-corrected chi connectivity index (χ2v) is 10.9. The molecule has 7 nitrogen and oxygen atoms in total. The van der Waals surface area contributed by atoms with E-state index in [4.69, 9.17) is 18.9 Å². The first-order valence-electron chi connectivity index (χ1n) is 15.8. The molecule has 7 heteroatoms. The third-order valence-corrected chi connectivity index (χ3v) is 6.55. The number of carbonyl (C=O) groups is 2. The Balaban J connectivity index is 2.28. The van der Waals surface area contributed by atoms with Crippen LogP contribution in [0.4, 0.5) is 0 Å². The summed E-state index contributed by atoms with van der Waals surface area (Å²) in [5.74, 6) is 1.38. The first-order valence-corrected chi connectivity index (χ1v) is 15.8. The van der Waals surface area contributed by atoms with Crippen LogP contribution in [-0.2, 0) is 25.6 Å². The molecule has 1 aromatic rings. The van der Waals surface area contributed by atoms with Gasteiger partial charge in [-0.1, -0.05) is 65.2 Å². The van der Waals surface area contributed by atoms with Crippen LogP contribution in [0.25, 0.3) is 0 Å². The highest BCUT2D eigenvalue weighted by Gasteiger charge is 2.07. The number of hydrogen-bond donors (Lipinski definition) is 0. The van der Waals surface area contributed by atoms with Gasteiger partial charge in [0.1, 0.15) is 11.5 Å². The maximum absolute atomic E-state index is 11.8. The molecule has 1 rings (SSSR count). The van der Waals surface area contributed by atoms with Gasteiger partial charge in [0.15, 0.2) is 0 Å². The van der Waals surface area contributed by atoms with Gasteiger partial charge in [0.2, 0.25) is 0 Å². The molecule has 0 aliphatic heterocycles. The highest BCUT2D eigenvalue weighted by atomic mass is 16.5. The van der Waals surface area contributed by atoms with E-state index in [2.05, 4.69) is 18.7 Å². The molecule has 0 bridgehead atoms. The summed E-state index contributed by atoms with van der Waals surface area (Å²) in [5.41, 5.74) is 1.12. The quantitative estimate of drug-likeness (QED) is 0.0838. The monoisotopic (exact) mass is 563 g/mol. The molecule has 40 heavy (non-hydrogen) atoms. The summed E-state index contributed by atoms with van der Waals surface area (Å²) in [6, 6.07) is 6.02. The van der Waals surface area contributed by atoms with E-state index >= 15 is 0 Å². The van der Waals surface area contributed by atoms with Crippen LogP contribution in [0.1, 0.15) is 122 Å². The molecule has 0 saturated carbocycles. The Morgan fingerprint density at radius 1 is 0.575 bits per heavy atom. The van der Waals surface area contributed by atoms with E-state index in [1.54, 1.807) is 0 Å². The van der Waals surface area contributed by atoms with Crippen molar-refractivity contribution in [2.75, 3.05) is 40.5 Å². The van der Waals surface area contributed by atoms with Crippen LogP contribution in [0.3, 0.4) is 0 Å². The molecule has 0 aliphatic rings. The fraction of sp³-hybridized carbons (Fsp3) is 0.758. The van der Waals surface area contributed by atoms with Crippen LogP contribution < -0.4 is 9.47 Å². The molecular formula is C33H57NO6. The van der Waals surface area contributed by atoms with Crippen LogP contribution in [0.15, 0.2) is 18.2 Å². The predicted molar refractivity (Wildman–Crippen MR) is 162 cm³/mol. The van der Waals surface area contributed by atoms with Crippen molar-refractivity contribution in [3.8, 4) is 11.5 Å². The molecule has 0 unspecified atom stereocenters. The number of nitrogens with zero attached hydrogens (tertiary/aromatic N) is 1. The molecule has 0 atom stereocenters. The van der Waals surface area contributed by atoms with Crippen molar-refractivity contribution >= 4 is 11.9 Å². The van der Waals surface area contributed by atoms with Crippen LogP contribution >= 0.6 is 0 Å². The van der Waals surface area contributed by atoms with Gasteiger partial charge < -0.3 is 23.8 Å². The maximum atomic E-state index is 11.8. The van der Waals surface area contributed by atoms with Crippen LogP contribution in [0.2, 0.25) is 0 Å². The van der Waals surface area contributed by atoms with E-state index in [-0.39, 0.29) is 11.9 Å². The normalized spacial score (nSPS) is 11.0. The van der Waals surface area contributed by atoms with Crippen molar-refractivity contribution in [3.63, 3.8) is 0 Å². The number of benzene rings is 1. The Bertz CT molecular complexity index is 726. The first-order chi connectivity index (χ1) is 19.4. The summed E-state index contributed by atoms with van der Waals surface area (Å²) in [6.07, 6.45) is 15.6. The summed E-state index contributed by atoms with van der Waals surface area (Å²) in [5, 5.41) is 0. The number of ether oxygens (including phenoxy) is 4. The van der Waals surface area contributed by atoms with Gasteiger partial charge in [0.05, 0.1) is 26.4 Å². The second-order valence-electron chi connectivity index (χ2n) is 10.9. The lowest BCUT2D eigenvalue weighted by atomic mass is 10.1. The fourth-order valence-electron chi connectivity index (χ4n) is 4.30. The lowest BCUT2D eigenvalue weighted by Gasteiger charge is -2.15. The second kappa shape index (κ2) is 24.5. The Morgan fingerprint density at radius 2 is 1.00 bits per heavy atom. The highest BCUT2D eigenvalue weighted by molar-refractivity contribution is 5.69. The largest absolute Gasteiger partial charge is 0.493 e. The zero-order valence-electron chi connectivity index (χ0n) is 26.0. The van der Waals surface area contributed by atoms with Gasteiger partial charge in [0, 0.05) is 25.5 Å². The van der Waals surface area contributed by atoms with Gasteiger partial charge in [-0.05, 0) is 70.3 Å². The number of carbonyl (C=O) groups excluding carboxylic acids is 2. The molecule has 0 aliphatic carbocycles. The van der Waals surface area contributed by atoms with Crippen LogP contribution in [0.5, 0.6) is 11.5 Å². The molecule has 0 N–H and O–H groups in total. The number of hydrogen-bond acceptors (Lipinski definition) is 7. The van der Waals surface area contributed by atoms with Crippen molar-refractivity contribution in [2.24, 2.45) is 0 Å². The van der Waals surface area contributed by atoms with Gasteiger partial charge in [-0.25, -0.2) is 0 Å². The molecular weight excluding hydrogens is 506 g/mol. The molecule has 0 heterocycles. The Labute approximate surface area is 244 Å². The highest BCUT2D eigenvalue weighted by Crippen LogP contribution is 2.24. The Kier molecular flexibility index (Phi) is 21.9. The average molecular weight is 564 g/mol. The minimum Gasteiger partial charge on any atom is -0.493 e. The SMILES string of the molecule is CCCCCCCC(=O)OCCCCOc1cc(CN(C)C)cc(OCCCCOC(=O)CCCCCCC)c1. The van der Waals surface area contributed by atoms with Crippen LogP contribution in [0, 0.1) is 0 Å². The average Bonchev–Trinajstić information content (AvgIpc) is 2.92. The predicted octanol–water partition coefficient (Wildman–Crippen LogP) is 7.87. The smallest absolute Gasteiger partial charge is 0.305 e. The third-order valence-electron chi connectivity index (χ3n) is 6.55. The van der Waals surface area contributed by atoms with E-state index < -0.39 is 0 Å². The molecule has 0 amide bonds. The van der Waals surface area contributed by atoms with Gasteiger partial charge in [0.25, 0.3) is 0 Å². The summed E-state index contributed by atoms with van der Waals surface area (Å²) < 4.78 is 22.7. The van der Waals surface area contributed by atoms with Crippen molar-refractivity contribution in [2.45, 2.75) is 123 Å². The van der Waals surface area contributed by atoms with Crippen molar-refractivity contribution in [1.29, 1.82) is 0 Å². The molecule has 1 aromatic carbocycles. The number of esters is 2. The molecule has 0 saturated heterocycles. The molecule has 230 valence electrons. The van der Waals surface area contributed by atoms with E-state index in [0.717, 1.165) is 75.0 Å². The van der Waals surface area contributed by atoms with E-state index in [1.807, 2.05) is 32.3 Å². The summed E-state index contributed by atoms with van der Waals surface area (Å²) in [7, 11) is 4.07. The zero-order chi connectivity index (χ0) is 29.3. The number of unbranched alkanes of at least 4 members (excludes halogenated alkanes) is 10. The number of rotatable bonds is 26. The van der Waals surface area contributed by atoms with Gasteiger partial charge in [-0.2, -0.15) is 0 Å². The lowest BCUT2D eigenvalue weighted by molar-refractivity contribution is -0.144. The summed E-state index contributed by atoms with van der Waals surface area (Å²) in [4.78, 5) is 25.8. The van der Waals surface area contributed by atoms with Gasteiger partial charge >= 0.3 is 11.9 Å². The van der Waals surface area contributed by atoms with Gasteiger partial charge in [-0.15, -0.1) is 0 Å². The summed E-state index contributed by atoms with van der Waals surface area (Å²) in [6.45, 7) is 7.17. The topological polar surface area (TPSA) is 74.3 Å². The Morgan fingerprint density at radius 3 is 1.43 bits per heavy atom. The summed E-state index contributed by atoms with van der Waals surface area (Å²) >= 11 is 0. The lowest BCUT2D eigenvalue weighted by Crippen LogP contribution is -2.11.